The lowest BCUT2D eigenvalue weighted by atomic mass is 9.89. The lowest BCUT2D eigenvalue weighted by molar-refractivity contribution is 0.766. The summed E-state index contributed by atoms with van der Waals surface area (Å²) in [5.74, 6) is 3.97. The molecule has 1 aliphatic rings. The van der Waals surface area contributed by atoms with Gasteiger partial charge in [-0.2, -0.15) is 0 Å². The number of hydrogen-bond acceptors (Lipinski definition) is 6. The third-order valence-corrected chi connectivity index (χ3v) is 11.7. The molecule has 0 saturated heterocycles. The van der Waals surface area contributed by atoms with E-state index in [0.29, 0.717) is 29.1 Å². The van der Waals surface area contributed by atoms with Crippen LogP contribution in [0.1, 0.15) is 23.7 Å². The molecular formula is C58H40N6. The Bertz CT molecular complexity index is 3260. The topological polar surface area (TPSA) is 77.3 Å². The van der Waals surface area contributed by atoms with Crippen LogP contribution in [0.2, 0.25) is 0 Å². The van der Waals surface area contributed by atoms with E-state index in [0.717, 1.165) is 67.9 Å². The van der Waals surface area contributed by atoms with Gasteiger partial charge in [-0.25, -0.2) is 29.9 Å². The van der Waals surface area contributed by atoms with E-state index in [-0.39, 0.29) is 5.92 Å². The van der Waals surface area contributed by atoms with E-state index in [1.54, 1.807) is 0 Å². The van der Waals surface area contributed by atoms with Crippen LogP contribution in [-0.2, 0) is 0 Å². The molecule has 10 aromatic rings. The maximum absolute atomic E-state index is 5.14. The summed E-state index contributed by atoms with van der Waals surface area (Å²) in [5.41, 5.74) is 11.6. The van der Waals surface area contributed by atoms with Crippen molar-refractivity contribution in [2.75, 3.05) is 0 Å². The van der Waals surface area contributed by atoms with Gasteiger partial charge in [-0.05, 0) is 56.6 Å². The van der Waals surface area contributed by atoms with E-state index in [9.17, 15) is 0 Å². The van der Waals surface area contributed by atoms with Crippen LogP contribution in [0.15, 0.2) is 224 Å². The highest BCUT2D eigenvalue weighted by Gasteiger charge is 2.20. The molecule has 0 aliphatic heterocycles. The van der Waals surface area contributed by atoms with Crippen molar-refractivity contribution in [3.63, 3.8) is 0 Å². The Morgan fingerprint density at radius 2 is 0.734 bits per heavy atom. The fourth-order valence-corrected chi connectivity index (χ4v) is 8.34. The van der Waals surface area contributed by atoms with Gasteiger partial charge in [0.15, 0.2) is 29.1 Å². The van der Waals surface area contributed by atoms with Crippen LogP contribution >= 0.6 is 0 Å². The third kappa shape index (κ3) is 7.92. The zero-order chi connectivity index (χ0) is 42.7. The molecule has 6 nitrogen and oxygen atoms in total. The van der Waals surface area contributed by atoms with Crippen LogP contribution in [0.4, 0.5) is 0 Å². The minimum Gasteiger partial charge on any atom is -0.212 e. The van der Waals surface area contributed by atoms with Gasteiger partial charge >= 0.3 is 0 Å². The second-order valence-corrected chi connectivity index (χ2v) is 15.9. The molecule has 11 rings (SSSR count). The summed E-state index contributed by atoms with van der Waals surface area (Å²) in [6.45, 7) is 0. The van der Waals surface area contributed by atoms with Crippen LogP contribution in [-0.4, -0.2) is 29.9 Å². The van der Waals surface area contributed by atoms with Crippen molar-refractivity contribution in [3.8, 4) is 79.2 Å². The molecular weight excluding hydrogens is 781 g/mol. The number of rotatable bonds is 9. The number of aromatic nitrogens is 6. The Balaban J connectivity index is 0.923. The molecule has 6 heteroatoms. The van der Waals surface area contributed by atoms with Crippen LogP contribution in [0.5, 0.6) is 0 Å². The monoisotopic (exact) mass is 820 g/mol. The van der Waals surface area contributed by atoms with Crippen molar-refractivity contribution in [1.29, 1.82) is 0 Å². The Morgan fingerprint density at radius 3 is 1.25 bits per heavy atom. The van der Waals surface area contributed by atoms with Gasteiger partial charge in [-0.15, -0.1) is 0 Å². The minimum absolute atomic E-state index is 0.0356. The molecule has 0 amide bonds. The van der Waals surface area contributed by atoms with E-state index < -0.39 is 0 Å². The molecule has 1 aliphatic carbocycles. The summed E-state index contributed by atoms with van der Waals surface area (Å²) >= 11 is 0. The Hall–Kier alpha value is -8.48. The van der Waals surface area contributed by atoms with Crippen molar-refractivity contribution in [3.05, 3.63) is 236 Å². The molecule has 0 N–H and O–H groups in total. The number of hydrogen-bond donors (Lipinski definition) is 0. The largest absolute Gasteiger partial charge is 0.212 e. The number of benzene rings is 8. The van der Waals surface area contributed by atoms with Crippen LogP contribution in [0.3, 0.4) is 0 Å². The van der Waals surface area contributed by atoms with Crippen molar-refractivity contribution < 1.29 is 0 Å². The maximum Gasteiger partial charge on any atom is 0.164 e. The zero-order valence-corrected chi connectivity index (χ0v) is 34.8. The van der Waals surface area contributed by atoms with E-state index in [1.165, 1.54) is 16.3 Å². The molecule has 8 aromatic carbocycles. The van der Waals surface area contributed by atoms with Crippen molar-refractivity contribution in [2.24, 2.45) is 0 Å². The van der Waals surface area contributed by atoms with Gasteiger partial charge in [0.05, 0.1) is 0 Å². The molecule has 0 fully saturated rings. The highest BCUT2D eigenvalue weighted by Crippen LogP contribution is 2.36. The predicted molar refractivity (Wildman–Crippen MR) is 260 cm³/mol. The summed E-state index contributed by atoms with van der Waals surface area (Å²) in [5, 5.41) is 2.35. The second kappa shape index (κ2) is 17.1. The number of nitrogens with zero attached hydrogens (tertiary/aromatic N) is 6. The average molecular weight is 821 g/mol. The first-order chi connectivity index (χ1) is 31.7. The number of fused-ring (bicyclic) bond motifs is 1. The van der Waals surface area contributed by atoms with Gasteiger partial charge in [0.25, 0.3) is 0 Å². The van der Waals surface area contributed by atoms with Crippen LogP contribution < -0.4 is 0 Å². The SMILES string of the molecule is C1=CC(c2ccc3cccc(-c4ccc(-c5nc(-c6ccccc6)nc(-c6ccccc6)n5)cc4)c3c2)=CC(c2nc(-c3ccccc3)nc(-c3ccc(-c4ccccc4)cc3)n2)C1. The van der Waals surface area contributed by atoms with Gasteiger partial charge < -0.3 is 0 Å². The summed E-state index contributed by atoms with van der Waals surface area (Å²) in [6, 6.07) is 71.0. The first-order valence-corrected chi connectivity index (χ1v) is 21.5. The minimum atomic E-state index is -0.0356. The summed E-state index contributed by atoms with van der Waals surface area (Å²) < 4.78 is 0. The Morgan fingerprint density at radius 1 is 0.328 bits per heavy atom. The first-order valence-electron chi connectivity index (χ1n) is 21.5. The molecule has 0 bridgehead atoms. The normalized spacial score (nSPS) is 13.4. The average Bonchev–Trinajstić information content (AvgIpc) is 3.39. The third-order valence-electron chi connectivity index (χ3n) is 11.7. The molecule has 302 valence electrons. The van der Waals surface area contributed by atoms with E-state index in [1.807, 2.05) is 84.9 Å². The van der Waals surface area contributed by atoms with Gasteiger partial charge in [0, 0.05) is 33.7 Å². The quantitative estimate of drug-likeness (QED) is 0.144. The van der Waals surface area contributed by atoms with Gasteiger partial charge in [-0.1, -0.05) is 218 Å². The van der Waals surface area contributed by atoms with Gasteiger partial charge in [-0.3, -0.25) is 0 Å². The smallest absolute Gasteiger partial charge is 0.164 e. The highest BCUT2D eigenvalue weighted by atomic mass is 15.0. The standard InChI is InChI=1S/C58H40N6/c1-5-15-39(16-6-1)40-27-32-46(33-28-40)57-62-55(45-21-11-4-12-22-45)63-58(64-57)50-25-13-24-48(37-50)49-36-31-41-23-14-26-51(52(41)38-49)42-29-34-47(35-30-42)56-60-53(43-17-7-2-8-18-43)59-54(61-56)44-19-9-3-10-20-44/h1-24,26-38,50H,25H2. The lowest BCUT2D eigenvalue weighted by Crippen LogP contribution is -2.08. The van der Waals surface area contributed by atoms with Crippen LogP contribution in [0.25, 0.3) is 95.5 Å². The van der Waals surface area contributed by atoms with Gasteiger partial charge in [0.2, 0.25) is 0 Å². The fourth-order valence-electron chi connectivity index (χ4n) is 8.34. The molecule has 2 heterocycles. The molecule has 1 atom stereocenters. The van der Waals surface area contributed by atoms with Gasteiger partial charge in [0.1, 0.15) is 5.82 Å². The molecule has 0 spiro atoms. The predicted octanol–water partition coefficient (Wildman–Crippen LogP) is 14.0. The second-order valence-electron chi connectivity index (χ2n) is 15.9. The van der Waals surface area contributed by atoms with Crippen molar-refractivity contribution >= 4 is 16.3 Å². The number of allylic oxidation sites excluding steroid dienone is 4. The summed E-state index contributed by atoms with van der Waals surface area (Å²) in [7, 11) is 0. The maximum atomic E-state index is 5.14. The fraction of sp³-hybridized carbons (Fsp3) is 0.0345. The highest BCUT2D eigenvalue weighted by molar-refractivity contribution is 5.99. The summed E-state index contributed by atoms with van der Waals surface area (Å²) in [6.07, 6.45) is 7.57. The van der Waals surface area contributed by atoms with Crippen molar-refractivity contribution in [2.45, 2.75) is 12.3 Å². The van der Waals surface area contributed by atoms with E-state index in [4.69, 9.17) is 29.9 Å². The van der Waals surface area contributed by atoms with Crippen molar-refractivity contribution in [1.82, 2.24) is 29.9 Å². The molecule has 0 radical (unpaired) electrons. The summed E-state index contributed by atoms with van der Waals surface area (Å²) in [4.78, 5) is 30.0. The molecule has 1 unspecified atom stereocenters. The Kier molecular flexibility index (Phi) is 10.3. The van der Waals surface area contributed by atoms with Crippen LogP contribution in [0, 0.1) is 0 Å². The molecule has 64 heavy (non-hydrogen) atoms. The van der Waals surface area contributed by atoms with E-state index in [2.05, 4.69) is 140 Å². The van der Waals surface area contributed by atoms with E-state index >= 15 is 0 Å². The molecule has 2 aromatic heterocycles. The first kappa shape index (κ1) is 38.4. The zero-order valence-electron chi connectivity index (χ0n) is 34.8. The lowest BCUT2D eigenvalue weighted by Gasteiger charge is -2.18. The Labute approximate surface area is 372 Å². The molecule has 0 saturated carbocycles.